The molecule has 1 fully saturated rings. The van der Waals surface area contributed by atoms with Crippen molar-refractivity contribution in [1.82, 2.24) is 14.9 Å². The zero-order valence-corrected chi connectivity index (χ0v) is 16.0. The van der Waals surface area contributed by atoms with E-state index >= 15 is 0 Å². The van der Waals surface area contributed by atoms with E-state index in [1.165, 1.54) is 18.3 Å². The fraction of sp³-hybridized carbons (Fsp3) is 0.500. The molecule has 26 heavy (non-hydrogen) atoms. The van der Waals surface area contributed by atoms with Crippen LogP contribution in [-0.4, -0.2) is 47.6 Å². The number of hydrogen-bond acceptors (Lipinski definition) is 5. The number of aryl methyl sites for hydroxylation is 1. The Morgan fingerprint density at radius 1 is 1.15 bits per heavy atom. The second kappa shape index (κ2) is 8.36. The number of anilines is 3. The summed E-state index contributed by atoms with van der Waals surface area (Å²) in [6.07, 6.45) is 0.736. The van der Waals surface area contributed by atoms with E-state index in [1.54, 1.807) is 0 Å². The quantitative estimate of drug-likeness (QED) is 0.834. The van der Waals surface area contributed by atoms with Gasteiger partial charge in [-0.1, -0.05) is 20.8 Å². The van der Waals surface area contributed by atoms with E-state index in [0.29, 0.717) is 5.95 Å². The van der Waals surface area contributed by atoms with Gasteiger partial charge in [0.25, 0.3) is 5.56 Å². The highest BCUT2D eigenvalue weighted by Crippen LogP contribution is 2.21. The first-order chi connectivity index (χ1) is 12.5. The first-order valence-corrected chi connectivity index (χ1v) is 9.48. The summed E-state index contributed by atoms with van der Waals surface area (Å²) in [7, 11) is 0. The molecule has 6 nitrogen and oxygen atoms in total. The minimum Gasteiger partial charge on any atom is -0.369 e. The summed E-state index contributed by atoms with van der Waals surface area (Å²) in [6, 6.07) is 9.86. The standard InChI is InChI=1S/C20H29N5O/c1-4-16-13-19(26)23-20(21-16)22-17-5-7-18(8-6-17)25-11-9-24(10-12-25)14-15(2)3/h5-8,13,15H,4,9-12,14H2,1-3H3,(H2,21,22,23,26). The predicted molar refractivity (Wildman–Crippen MR) is 107 cm³/mol. The van der Waals surface area contributed by atoms with Gasteiger partial charge in [-0.25, -0.2) is 4.98 Å². The number of hydrogen-bond donors (Lipinski definition) is 2. The Bertz CT molecular complexity index is 761. The molecule has 140 valence electrons. The second-order valence-corrected chi connectivity index (χ2v) is 7.29. The Hall–Kier alpha value is -2.34. The zero-order valence-electron chi connectivity index (χ0n) is 16.0. The number of nitrogens with one attached hydrogen (secondary N) is 2. The summed E-state index contributed by atoms with van der Waals surface area (Å²) < 4.78 is 0. The van der Waals surface area contributed by atoms with Crippen LogP contribution in [0.4, 0.5) is 17.3 Å². The van der Waals surface area contributed by atoms with Crippen LogP contribution < -0.4 is 15.8 Å². The average Bonchev–Trinajstić information content (AvgIpc) is 2.62. The Labute approximate surface area is 155 Å². The molecule has 1 aromatic heterocycles. The van der Waals surface area contributed by atoms with Gasteiger partial charge in [0.05, 0.1) is 0 Å². The van der Waals surface area contributed by atoms with E-state index < -0.39 is 0 Å². The molecule has 0 aliphatic carbocycles. The van der Waals surface area contributed by atoms with E-state index in [-0.39, 0.29) is 5.56 Å². The van der Waals surface area contributed by atoms with Crippen molar-refractivity contribution in [2.75, 3.05) is 42.9 Å². The summed E-state index contributed by atoms with van der Waals surface area (Å²) in [5.74, 6) is 1.21. The third-order valence-electron chi connectivity index (χ3n) is 4.65. The van der Waals surface area contributed by atoms with Crippen molar-refractivity contribution in [3.8, 4) is 0 Å². The van der Waals surface area contributed by atoms with Crippen molar-refractivity contribution >= 4 is 17.3 Å². The molecule has 2 aromatic rings. The van der Waals surface area contributed by atoms with E-state index in [2.05, 4.69) is 51.1 Å². The number of aromatic amines is 1. The van der Waals surface area contributed by atoms with Gasteiger partial charge in [0.2, 0.25) is 5.95 Å². The van der Waals surface area contributed by atoms with Crippen LogP contribution in [0.3, 0.4) is 0 Å². The summed E-state index contributed by atoms with van der Waals surface area (Å²) >= 11 is 0. The van der Waals surface area contributed by atoms with Crippen LogP contribution in [-0.2, 0) is 6.42 Å². The van der Waals surface area contributed by atoms with Crippen molar-refractivity contribution in [3.05, 3.63) is 46.4 Å². The first kappa shape index (κ1) is 18.5. The molecule has 1 aliphatic heterocycles. The number of piperazine rings is 1. The van der Waals surface area contributed by atoms with Crippen molar-refractivity contribution in [3.63, 3.8) is 0 Å². The van der Waals surface area contributed by atoms with Crippen LogP contribution in [0.1, 0.15) is 26.5 Å². The molecule has 6 heteroatoms. The smallest absolute Gasteiger partial charge is 0.252 e. The maximum Gasteiger partial charge on any atom is 0.252 e. The molecule has 2 N–H and O–H groups in total. The van der Waals surface area contributed by atoms with Gasteiger partial charge in [0.15, 0.2) is 0 Å². The van der Waals surface area contributed by atoms with Crippen LogP contribution in [0.5, 0.6) is 0 Å². The van der Waals surface area contributed by atoms with Crippen molar-refractivity contribution in [2.24, 2.45) is 5.92 Å². The predicted octanol–water partition coefficient (Wildman–Crippen LogP) is 2.85. The third-order valence-corrected chi connectivity index (χ3v) is 4.65. The normalized spacial score (nSPS) is 15.5. The lowest BCUT2D eigenvalue weighted by molar-refractivity contribution is 0.231. The van der Waals surface area contributed by atoms with E-state index in [0.717, 1.165) is 49.9 Å². The maximum absolute atomic E-state index is 11.7. The largest absolute Gasteiger partial charge is 0.369 e. The summed E-state index contributed by atoms with van der Waals surface area (Å²) in [5.41, 5.74) is 2.81. The molecule has 1 saturated heterocycles. The monoisotopic (exact) mass is 355 g/mol. The molecule has 0 saturated carbocycles. The Kier molecular flexibility index (Phi) is 5.93. The Balaban J connectivity index is 1.61. The van der Waals surface area contributed by atoms with E-state index in [1.807, 2.05) is 19.1 Å². The second-order valence-electron chi connectivity index (χ2n) is 7.29. The fourth-order valence-corrected chi connectivity index (χ4v) is 3.35. The lowest BCUT2D eigenvalue weighted by atomic mass is 10.2. The van der Waals surface area contributed by atoms with Crippen molar-refractivity contribution < 1.29 is 0 Å². The van der Waals surface area contributed by atoms with Gasteiger partial charge in [0, 0.05) is 55.9 Å². The Morgan fingerprint density at radius 3 is 2.46 bits per heavy atom. The molecule has 0 spiro atoms. The molecule has 2 heterocycles. The zero-order chi connectivity index (χ0) is 18.5. The lowest BCUT2D eigenvalue weighted by Gasteiger charge is -2.36. The van der Waals surface area contributed by atoms with Crippen molar-refractivity contribution in [2.45, 2.75) is 27.2 Å². The first-order valence-electron chi connectivity index (χ1n) is 9.48. The molecule has 1 aromatic carbocycles. The van der Waals surface area contributed by atoms with Gasteiger partial charge in [-0.05, 0) is 36.6 Å². The average molecular weight is 355 g/mol. The van der Waals surface area contributed by atoms with Crippen LogP contribution >= 0.6 is 0 Å². The van der Waals surface area contributed by atoms with Gasteiger partial charge >= 0.3 is 0 Å². The number of benzene rings is 1. The van der Waals surface area contributed by atoms with Gasteiger partial charge in [-0.2, -0.15) is 0 Å². The summed E-state index contributed by atoms with van der Waals surface area (Å²) in [6.45, 7) is 12.1. The fourth-order valence-electron chi connectivity index (χ4n) is 3.35. The molecule has 0 bridgehead atoms. The molecule has 1 aliphatic rings. The van der Waals surface area contributed by atoms with Gasteiger partial charge in [-0.3, -0.25) is 14.7 Å². The lowest BCUT2D eigenvalue weighted by Crippen LogP contribution is -2.47. The minimum absolute atomic E-state index is 0.129. The number of H-pyrrole nitrogens is 1. The highest BCUT2D eigenvalue weighted by Gasteiger charge is 2.17. The minimum atomic E-state index is -0.129. The van der Waals surface area contributed by atoms with Gasteiger partial charge in [-0.15, -0.1) is 0 Å². The highest BCUT2D eigenvalue weighted by molar-refractivity contribution is 5.59. The molecule has 0 amide bonds. The number of rotatable bonds is 6. The number of nitrogens with zero attached hydrogens (tertiary/aromatic N) is 3. The number of aromatic nitrogens is 2. The van der Waals surface area contributed by atoms with Crippen LogP contribution in [0.2, 0.25) is 0 Å². The van der Waals surface area contributed by atoms with Crippen LogP contribution in [0.15, 0.2) is 35.1 Å². The summed E-state index contributed by atoms with van der Waals surface area (Å²) in [5, 5.41) is 3.18. The topological polar surface area (TPSA) is 64.3 Å². The van der Waals surface area contributed by atoms with E-state index in [4.69, 9.17) is 0 Å². The van der Waals surface area contributed by atoms with E-state index in [9.17, 15) is 4.79 Å². The van der Waals surface area contributed by atoms with Crippen molar-refractivity contribution in [1.29, 1.82) is 0 Å². The highest BCUT2D eigenvalue weighted by atomic mass is 16.1. The maximum atomic E-state index is 11.7. The van der Waals surface area contributed by atoms with Gasteiger partial charge in [0.1, 0.15) is 0 Å². The molecule has 0 unspecified atom stereocenters. The summed E-state index contributed by atoms with van der Waals surface area (Å²) in [4.78, 5) is 23.8. The molecule has 3 rings (SSSR count). The molecule has 0 radical (unpaired) electrons. The van der Waals surface area contributed by atoms with Crippen LogP contribution in [0.25, 0.3) is 0 Å². The molecular formula is C20H29N5O. The Morgan fingerprint density at radius 2 is 1.85 bits per heavy atom. The van der Waals surface area contributed by atoms with Gasteiger partial charge < -0.3 is 10.2 Å². The van der Waals surface area contributed by atoms with Crippen LogP contribution in [0, 0.1) is 5.92 Å². The third kappa shape index (κ3) is 4.85. The molecule has 0 atom stereocenters. The SMILES string of the molecule is CCc1cc(=O)[nH]c(Nc2ccc(N3CCN(CC(C)C)CC3)cc2)n1. The molecular weight excluding hydrogens is 326 g/mol.